The highest BCUT2D eigenvalue weighted by molar-refractivity contribution is 6.04. The molecule has 1 aliphatic heterocycles. The van der Waals surface area contributed by atoms with Crippen LogP contribution in [-0.4, -0.2) is 59.8 Å². The standard InChI is InChI=1S/C21H25N5O3/c1-25(2)21(29)26-12-8-16(9-13-26)20(28)24-18-5-3-4-17(14-18)23-19(27)15-6-10-22-11-7-15/h3-7,10-11,14,16H,8-9,12-13H2,1-2H3,(H,23,27)(H,24,28). The molecule has 0 radical (unpaired) electrons. The van der Waals surface area contributed by atoms with E-state index in [2.05, 4.69) is 15.6 Å². The number of nitrogens with one attached hydrogen (secondary N) is 2. The molecular formula is C21H25N5O3. The number of carbonyl (C=O) groups is 3. The van der Waals surface area contributed by atoms with E-state index in [-0.39, 0.29) is 23.8 Å². The van der Waals surface area contributed by atoms with Crippen molar-refractivity contribution in [1.29, 1.82) is 0 Å². The first-order valence-corrected chi connectivity index (χ1v) is 9.52. The van der Waals surface area contributed by atoms with Crippen molar-refractivity contribution >= 4 is 29.2 Å². The molecule has 1 aliphatic rings. The van der Waals surface area contributed by atoms with Gasteiger partial charge >= 0.3 is 6.03 Å². The van der Waals surface area contributed by atoms with Crippen molar-refractivity contribution in [1.82, 2.24) is 14.8 Å². The summed E-state index contributed by atoms with van der Waals surface area (Å²) in [6.07, 6.45) is 4.37. The van der Waals surface area contributed by atoms with E-state index in [4.69, 9.17) is 0 Å². The fourth-order valence-corrected chi connectivity index (χ4v) is 3.24. The van der Waals surface area contributed by atoms with E-state index in [1.54, 1.807) is 72.7 Å². The zero-order chi connectivity index (χ0) is 20.8. The lowest BCUT2D eigenvalue weighted by Gasteiger charge is -2.33. The number of urea groups is 1. The summed E-state index contributed by atoms with van der Waals surface area (Å²) in [5.41, 5.74) is 1.72. The molecule has 8 nitrogen and oxygen atoms in total. The number of aromatic nitrogens is 1. The van der Waals surface area contributed by atoms with Crippen LogP contribution in [0.25, 0.3) is 0 Å². The summed E-state index contributed by atoms with van der Waals surface area (Å²) in [6, 6.07) is 10.3. The van der Waals surface area contributed by atoms with Crippen LogP contribution in [0.2, 0.25) is 0 Å². The zero-order valence-electron chi connectivity index (χ0n) is 16.6. The van der Waals surface area contributed by atoms with Gasteiger partial charge < -0.3 is 20.4 Å². The van der Waals surface area contributed by atoms with Gasteiger partial charge in [0.15, 0.2) is 0 Å². The minimum absolute atomic E-state index is 0.0264. The Kier molecular flexibility index (Phi) is 6.43. The SMILES string of the molecule is CN(C)C(=O)N1CCC(C(=O)Nc2cccc(NC(=O)c3ccncc3)c2)CC1. The van der Waals surface area contributed by atoms with Gasteiger partial charge in [-0.05, 0) is 43.2 Å². The van der Waals surface area contributed by atoms with E-state index in [9.17, 15) is 14.4 Å². The molecule has 2 heterocycles. The molecule has 0 spiro atoms. The number of benzene rings is 1. The number of anilines is 2. The van der Waals surface area contributed by atoms with Gasteiger partial charge in [0.1, 0.15) is 0 Å². The first-order chi connectivity index (χ1) is 13.9. The average molecular weight is 395 g/mol. The van der Waals surface area contributed by atoms with Crippen LogP contribution in [0.3, 0.4) is 0 Å². The van der Waals surface area contributed by atoms with Gasteiger partial charge in [0.25, 0.3) is 5.91 Å². The molecule has 1 saturated heterocycles. The van der Waals surface area contributed by atoms with Crippen molar-refractivity contribution in [2.45, 2.75) is 12.8 Å². The highest BCUT2D eigenvalue weighted by Crippen LogP contribution is 2.22. The molecule has 0 saturated carbocycles. The second-order valence-corrected chi connectivity index (χ2v) is 7.20. The van der Waals surface area contributed by atoms with E-state index in [1.165, 1.54) is 0 Å². The quantitative estimate of drug-likeness (QED) is 0.832. The van der Waals surface area contributed by atoms with Gasteiger partial charge in [0.05, 0.1) is 0 Å². The number of nitrogens with zero attached hydrogens (tertiary/aromatic N) is 3. The lowest BCUT2D eigenvalue weighted by molar-refractivity contribution is -0.121. The summed E-state index contributed by atoms with van der Waals surface area (Å²) in [4.78, 5) is 44.1. The normalized spacial score (nSPS) is 14.2. The number of amides is 4. The van der Waals surface area contributed by atoms with E-state index in [0.29, 0.717) is 42.9 Å². The summed E-state index contributed by atoms with van der Waals surface area (Å²) in [5, 5.41) is 5.73. The maximum atomic E-state index is 12.6. The number of pyridine rings is 1. The monoisotopic (exact) mass is 395 g/mol. The van der Waals surface area contributed by atoms with Crippen LogP contribution in [0, 0.1) is 5.92 Å². The lowest BCUT2D eigenvalue weighted by Crippen LogP contribution is -2.45. The van der Waals surface area contributed by atoms with Crippen molar-refractivity contribution in [3.63, 3.8) is 0 Å². The number of carbonyl (C=O) groups excluding carboxylic acids is 3. The maximum absolute atomic E-state index is 12.6. The molecule has 1 aromatic carbocycles. The van der Waals surface area contributed by atoms with Crippen molar-refractivity contribution in [2.75, 3.05) is 37.8 Å². The lowest BCUT2D eigenvalue weighted by atomic mass is 9.96. The third kappa shape index (κ3) is 5.31. The van der Waals surface area contributed by atoms with Crippen LogP contribution >= 0.6 is 0 Å². The molecule has 1 fully saturated rings. The van der Waals surface area contributed by atoms with Crippen LogP contribution in [0.4, 0.5) is 16.2 Å². The molecule has 2 aromatic rings. The first kappa shape index (κ1) is 20.3. The average Bonchev–Trinajstić information content (AvgIpc) is 2.74. The number of hydrogen-bond acceptors (Lipinski definition) is 4. The van der Waals surface area contributed by atoms with Crippen molar-refractivity contribution in [3.05, 3.63) is 54.4 Å². The highest BCUT2D eigenvalue weighted by atomic mass is 16.2. The third-order valence-electron chi connectivity index (χ3n) is 4.85. The van der Waals surface area contributed by atoms with Crippen LogP contribution in [-0.2, 0) is 4.79 Å². The zero-order valence-corrected chi connectivity index (χ0v) is 16.6. The molecule has 1 aromatic heterocycles. The van der Waals surface area contributed by atoms with Crippen molar-refractivity contribution < 1.29 is 14.4 Å². The van der Waals surface area contributed by atoms with Crippen molar-refractivity contribution in [2.24, 2.45) is 5.92 Å². The molecule has 4 amide bonds. The van der Waals surface area contributed by atoms with E-state index < -0.39 is 0 Å². The molecule has 0 unspecified atom stereocenters. The smallest absolute Gasteiger partial charge is 0.319 e. The second kappa shape index (κ2) is 9.18. The molecule has 29 heavy (non-hydrogen) atoms. The topological polar surface area (TPSA) is 94.6 Å². The van der Waals surface area contributed by atoms with Crippen LogP contribution in [0.1, 0.15) is 23.2 Å². The molecule has 8 heteroatoms. The first-order valence-electron chi connectivity index (χ1n) is 9.52. The van der Waals surface area contributed by atoms with Crippen molar-refractivity contribution in [3.8, 4) is 0 Å². The minimum Gasteiger partial charge on any atom is -0.331 e. The van der Waals surface area contributed by atoms with E-state index in [1.807, 2.05) is 0 Å². The molecule has 0 atom stereocenters. The Morgan fingerprint density at radius 3 is 2.24 bits per heavy atom. The highest BCUT2D eigenvalue weighted by Gasteiger charge is 2.28. The maximum Gasteiger partial charge on any atom is 0.319 e. The Bertz CT molecular complexity index is 877. The molecule has 3 rings (SSSR count). The number of hydrogen-bond donors (Lipinski definition) is 2. The summed E-state index contributed by atoms with van der Waals surface area (Å²) >= 11 is 0. The fourth-order valence-electron chi connectivity index (χ4n) is 3.24. The summed E-state index contributed by atoms with van der Waals surface area (Å²) in [5.74, 6) is -0.454. The van der Waals surface area contributed by atoms with Gasteiger partial charge in [0, 0.05) is 62.4 Å². The van der Waals surface area contributed by atoms with Gasteiger partial charge in [-0.15, -0.1) is 0 Å². The minimum atomic E-state index is -0.242. The van der Waals surface area contributed by atoms with Gasteiger partial charge in [-0.3, -0.25) is 14.6 Å². The van der Waals surface area contributed by atoms with Crippen LogP contribution in [0.15, 0.2) is 48.8 Å². The molecule has 2 N–H and O–H groups in total. The Morgan fingerprint density at radius 1 is 1.00 bits per heavy atom. The Morgan fingerprint density at radius 2 is 1.62 bits per heavy atom. The third-order valence-corrected chi connectivity index (χ3v) is 4.85. The Hall–Kier alpha value is -3.42. The second-order valence-electron chi connectivity index (χ2n) is 7.20. The Labute approximate surface area is 169 Å². The molecular weight excluding hydrogens is 370 g/mol. The predicted molar refractivity (Wildman–Crippen MR) is 111 cm³/mol. The molecule has 0 bridgehead atoms. The van der Waals surface area contributed by atoms with Gasteiger partial charge in [-0.25, -0.2) is 4.79 Å². The van der Waals surface area contributed by atoms with Crippen LogP contribution < -0.4 is 10.6 Å². The molecule has 0 aliphatic carbocycles. The number of rotatable bonds is 4. The van der Waals surface area contributed by atoms with Gasteiger partial charge in [-0.1, -0.05) is 6.07 Å². The van der Waals surface area contributed by atoms with E-state index in [0.717, 1.165) is 0 Å². The number of likely N-dealkylation sites (tertiary alicyclic amines) is 1. The predicted octanol–water partition coefficient (Wildman–Crippen LogP) is 2.67. The number of piperidine rings is 1. The largest absolute Gasteiger partial charge is 0.331 e. The Balaban J connectivity index is 1.56. The van der Waals surface area contributed by atoms with Gasteiger partial charge in [0.2, 0.25) is 5.91 Å². The van der Waals surface area contributed by atoms with Crippen LogP contribution in [0.5, 0.6) is 0 Å². The summed E-state index contributed by atoms with van der Waals surface area (Å²) < 4.78 is 0. The fraction of sp³-hybridized carbons (Fsp3) is 0.333. The molecule has 152 valence electrons. The van der Waals surface area contributed by atoms with Gasteiger partial charge in [-0.2, -0.15) is 0 Å². The summed E-state index contributed by atoms with van der Waals surface area (Å²) in [6.45, 7) is 1.13. The summed E-state index contributed by atoms with van der Waals surface area (Å²) in [7, 11) is 3.45. The van der Waals surface area contributed by atoms with E-state index >= 15 is 0 Å².